The average molecular weight is 727 g/mol. The predicted molar refractivity (Wildman–Crippen MR) is 205 cm³/mol. The average Bonchev–Trinajstić information content (AvgIpc) is 3.60. The van der Waals surface area contributed by atoms with Crippen LogP contribution in [-0.2, 0) is 19.1 Å². The number of aryl methyl sites for hydroxylation is 1. The summed E-state index contributed by atoms with van der Waals surface area (Å²) in [6, 6.07) is 7.72. The lowest BCUT2D eigenvalue weighted by Gasteiger charge is -2.28. The first kappa shape index (κ1) is 36.6. The maximum atomic E-state index is 14.6. The highest BCUT2D eigenvalue weighted by Crippen LogP contribution is 2.56. The Morgan fingerprint density at radius 3 is 2.65 bits per heavy atom. The molecule has 1 N–H and O–H groups in total. The molecule has 3 fully saturated rings. The first-order valence-electron chi connectivity index (χ1n) is 19.5. The van der Waals surface area contributed by atoms with Gasteiger partial charge in [-0.1, -0.05) is 38.0 Å². The lowest BCUT2D eigenvalue weighted by Crippen LogP contribution is -2.45. The van der Waals surface area contributed by atoms with Gasteiger partial charge >= 0.3 is 5.97 Å². The molecule has 1 saturated heterocycles. The number of benzene rings is 1. The highest BCUT2D eigenvalue weighted by atomic mass is 32.1. The molecule has 0 unspecified atom stereocenters. The van der Waals surface area contributed by atoms with Gasteiger partial charge in [-0.3, -0.25) is 14.4 Å². The van der Waals surface area contributed by atoms with Gasteiger partial charge in [-0.2, -0.15) is 0 Å². The SMILES string of the molecule is Cc1ccc2c(O[C@@H]3C[C@H]4C(=O)C[C@]5(C)C[C@H]5/C=C\CCCCC[C@H](CC(=O)OC5CCCC5)C(=O)N4C3)cc(-c3csc(NC(C)C)n3)nc2c1. The zero-order valence-corrected chi connectivity index (χ0v) is 32.0. The molecule has 1 amide bonds. The molecule has 0 radical (unpaired) electrons. The van der Waals surface area contributed by atoms with Gasteiger partial charge in [0, 0.05) is 41.6 Å². The Morgan fingerprint density at radius 2 is 1.85 bits per heavy atom. The first-order valence-corrected chi connectivity index (χ1v) is 20.4. The van der Waals surface area contributed by atoms with Gasteiger partial charge in [0.15, 0.2) is 10.9 Å². The number of pyridine rings is 1. The van der Waals surface area contributed by atoms with Crippen molar-refractivity contribution in [3.05, 3.63) is 47.4 Å². The van der Waals surface area contributed by atoms with Gasteiger partial charge in [-0.15, -0.1) is 11.3 Å². The zero-order chi connectivity index (χ0) is 36.4. The molecular weight excluding hydrogens is 673 g/mol. The Hall–Kier alpha value is -3.79. The number of esters is 1. The van der Waals surface area contributed by atoms with Crippen LogP contribution in [0.3, 0.4) is 0 Å². The molecule has 2 aromatic heterocycles. The summed E-state index contributed by atoms with van der Waals surface area (Å²) < 4.78 is 12.7. The van der Waals surface area contributed by atoms with Crippen LogP contribution in [0.2, 0.25) is 0 Å². The van der Waals surface area contributed by atoms with E-state index >= 15 is 0 Å². The van der Waals surface area contributed by atoms with E-state index in [0.29, 0.717) is 36.6 Å². The van der Waals surface area contributed by atoms with Crippen molar-refractivity contribution in [1.29, 1.82) is 0 Å². The fourth-order valence-electron chi connectivity index (χ4n) is 8.39. The molecule has 2 aliphatic heterocycles. The molecule has 4 aliphatic rings. The summed E-state index contributed by atoms with van der Waals surface area (Å²) in [6.45, 7) is 8.69. The van der Waals surface area contributed by atoms with Crippen molar-refractivity contribution in [2.45, 2.75) is 135 Å². The number of hydrogen-bond donors (Lipinski definition) is 1. The molecule has 1 aromatic carbocycles. The van der Waals surface area contributed by atoms with Crippen molar-refractivity contribution in [2.75, 3.05) is 11.9 Å². The van der Waals surface area contributed by atoms with E-state index in [1.807, 2.05) is 36.6 Å². The Bertz CT molecular complexity index is 1810. The maximum absolute atomic E-state index is 14.6. The van der Waals surface area contributed by atoms with E-state index in [2.05, 4.69) is 38.2 Å². The summed E-state index contributed by atoms with van der Waals surface area (Å²) in [4.78, 5) is 53.6. The second-order valence-electron chi connectivity index (χ2n) is 16.3. The summed E-state index contributed by atoms with van der Waals surface area (Å²) in [5.74, 6) is 0.196. The summed E-state index contributed by atoms with van der Waals surface area (Å²) in [7, 11) is 0. The number of aromatic nitrogens is 2. The molecule has 9 nitrogen and oxygen atoms in total. The van der Waals surface area contributed by atoms with E-state index in [9.17, 15) is 14.4 Å². The van der Waals surface area contributed by atoms with Crippen LogP contribution in [0.4, 0.5) is 5.13 Å². The smallest absolute Gasteiger partial charge is 0.306 e. The van der Waals surface area contributed by atoms with Gasteiger partial charge in [0.25, 0.3) is 0 Å². The largest absolute Gasteiger partial charge is 0.488 e. The normalized spacial score (nSPS) is 27.9. The zero-order valence-electron chi connectivity index (χ0n) is 31.2. The molecule has 278 valence electrons. The van der Waals surface area contributed by atoms with Crippen molar-refractivity contribution >= 4 is 45.0 Å². The number of ketones is 1. The molecule has 3 aromatic rings. The molecule has 7 rings (SSSR count). The minimum Gasteiger partial charge on any atom is -0.488 e. The number of nitrogens with one attached hydrogen (secondary N) is 1. The van der Waals surface area contributed by atoms with Crippen LogP contribution in [-0.4, -0.2) is 63.4 Å². The molecule has 2 aliphatic carbocycles. The molecule has 52 heavy (non-hydrogen) atoms. The number of thiazole rings is 1. The van der Waals surface area contributed by atoms with Gasteiger partial charge in [0.2, 0.25) is 5.91 Å². The van der Waals surface area contributed by atoms with Crippen LogP contribution >= 0.6 is 11.3 Å². The lowest BCUT2D eigenvalue weighted by molar-refractivity contribution is -0.154. The number of hydrogen-bond acceptors (Lipinski definition) is 9. The van der Waals surface area contributed by atoms with E-state index in [1.165, 1.54) is 0 Å². The fraction of sp³-hybridized carbons (Fsp3) is 0.595. The number of allylic oxidation sites excluding steroid dienone is 2. The van der Waals surface area contributed by atoms with Gasteiger partial charge in [0.1, 0.15) is 23.7 Å². The number of nitrogens with zero attached hydrogens (tertiary/aromatic N) is 3. The molecule has 2 saturated carbocycles. The van der Waals surface area contributed by atoms with Crippen LogP contribution in [0.1, 0.15) is 110 Å². The van der Waals surface area contributed by atoms with E-state index in [0.717, 1.165) is 85.1 Å². The molecule has 4 heterocycles. The van der Waals surface area contributed by atoms with E-state index in [1.54, 1.807) is 16.2 Å². The Labute approximate surface area is 312 Å². The first-order chi connectivity index (χ1) is 25.0. The minimum atomic E-state index is -0.601. The summed E-state index contributed by atoms with van der Waals surface area (Å²) in [5.41, 5.74) is 3.28. The van der Waals surface area contributed by atoms with Gasteiger partial charge in [-0.05, 0) is 101 Å². The number of amides is 1. The minimum absolute atomic E-state index is 0.0472. The second kappa shape index (κ2) is 15.7. The van der Waals surface area contributed by atoms with E-state index < -0.39 is 18.1 Å². The fourth-order valence-corrected chi connectivity index (χ4v) is 9.24. The quantitative estimate of drug-likeness (QED) is 0.181. The molecule has 0 spiro atoms. The molecule has 5 atom stereocenters. The van der Waals surface area contributed by atoms with Crippen molar-refractivity contribution in [2.24, 2.45) is 17.3 Å². The highest BCUT2D eigenvalue weighted by Gasteiger charge is 2.52. The van der Waals surface area contributed by atoms with Crippen LogP contribution in [0, 0.1) is 24.2 Å². The van der Waals surface area contributed by atoms with E-state index in [4.69, 9.17) is 19.4 Å². The number of anilines is 1. The number of rotatable bonds is 8. The lowest BCUT2D eigenvalue weighted by atomic mass is 9.92. The van der Waals surface area contributed by atoms with Crippen LogP contribution < -0.4 is 10.1 Å². The van der Waals surface area contributed by atoms with Crippen molar-refractivity contribution < 1.29 is 23.9 Å². The Morgan fingerprint density at radius 1 is 1.04 bits per heavy atom. The number of ether oxygens (including phenoxy) is 2. The third-order valence-corrected chi connectivity index (χ3v) is 12.2. The number of Topliss-reactive ketones (excluding diaryl/α,β-unsaturated/α-hetero) is 1. The van der Waals surface area contributed by atoms with Crippen molar-refractivity contribution in [3.8, 4) is 17.1 Å². The molecular formula is C42H54N4O5S. The van der Waals surface area contributed by atoms with Gasteiger partial charge < -0.3 is 19.7 Å². The monoisotopic (exact) mass is 726 g/mol. The van der Waals surface area contributed by atoms with Crippen LogP contribution in [0.25, 0.3) is 22.3 Å². The third kappa shape index (κ3) is 8.53. The number of carbonyl (C=O) groups excluding carboxylic acids is 3. The summed E-state index contributed by atoms with van der Waals surface area (Å²) in [6.07, 6.45) is 14.4. The standard InChI is InChI=1S/C42H54N4O5S/c1-26(2)43-41-45-35(25-52-41)34-21-38(32-17-16-27(3)18-33(32)44-34)50-31-20-36-37(47)23-42(4)22-29(42)13-9-7-5-6-8-12-28(40(49)46(36)24-31)19-39(48)51-30-14-10-11-15-30/h9,13,16-18,21,25-26,28-31,36H,5-8,10-12,14-15,19-20,22-24H2,1-4H3,(H,43,45)/b13-9-/t28-,29-,31-,36+,42+/m1/s1. The van der Waals surface area contributed by atoms with Gasteiger partial charge in [0.05, 0.1) is 30.2 Å². The summed E-state index contributed by atoms with van der Waals surface area (Å²) in [5, 5.41) is 7.09. The predicted octanol–water partition coefficient (Wildman–Crippen LogP) is 8.83. The van der Waals surface area contributed by atoms with Crippen molar-refractivity contribution in [3.63, 3.8) is 0 Å². The number of fused-ring (bicyclic) bond motifs is 3. The van der Waals surface area contributed by atoms with Crippen LogP contribution in [0.5, 0.6) is 5.75 Å². The van der Waals surface area contributed by atoms with Gasteiger partial charge in [-0.25, -0.2) is 9.97 Å². The second-order valence-corrected chi connectivity index (χ2v) is 17.2. The Kier molecular flexibility index (Phi) is 11.0. The number of carbonyl (C=O) groups is 3. The topological polar surface area (TPSA) is 111 Å². The molecule has 0 bridgehead atoms. The maximum Gasteiger partial charge on any atom is 0.306 e. The van der Waals surface area contributed by atoms with Crippen LogP contribution in [0.15, 0.2) is 41.8 Å². The summed E-state index contributed by atoms with van der Waals surface area (Å²) >= 11 is 1.54. The highest BCUT2D eigenvalue weighted by molar-refractivity contribution is 7.14. The molecule has 10 heteroatoms. The third-order valence-electron chi connectivity index (χ3n) is 11.5. The van der Waals surface area contributed by atoms with E-state index in [-0.39, 0.29) is 48.2 Å². The van der Waals surface area contributed by atoms with Crippen molar-refractivity contribution in [1.82, 2.24) is 14.9 Å². The Balaban J connectivity index is 1.17.